The molecule has 13 heteroatoms. The number of ether oxygens (including phenoxy) is 1. The quantitative estimate of drug-likeness (QED) is 0.0697. The van der Waals surface area contributed by atoms with Crippen LogP contribution in [0.15, 0.2) is 55.6 Å². The van der Waals surface area contributed by atoms with E-state index in [1.165, 1.54) is 40.5 Å². The number of nitrogens with one attached hydrogen (secondary N) is 1. The molecule has 1 atom stereocenters. The fourth-order valence-corrected chi connectivity index (χ4v) is 5.04. The lowest BCUT2D eigenvalue weighted by atomic mass is 10.1. The first kappa shape index (κ1) is 33.4. The number of benzene rings is 1. The lowest BCUT2D eigenvalue weighted by molar-refractivity contribution is -0.152. The van der Waals surface area contributed by atoms with E-state index in [1.54, 1.807) is 25.1 Å². The average Bonchev–Trinajstić information content (AvgIpc) is 3.31. The van der Waals surface area contributed by atoms with E-state index in [2.05, 4.69) is 13.2 Å². The summed E-state index contributed by atoms with van der Waals surface area (Å²) in [6.07, 6.45) is 2.31. The summed E-state index contributed by atoms with van der Waals surface area (Å²) in [7, 11) is 0. The lowest BCUT2D eigenvalue weighted by Crippen LogP contribution is -2.50. The number of aryl methyl sites for hydroxylation is 2. The van der Waals surface area contributed by atoms with Crippen molar-refractivity contribution in [2.75, 3.05) is 19.6 Å². The van der Waals surface area contributed by atoms with Crippen molar-refractivity contribution in [1.29, 1.82) is 5.41 Å². The third-order valence-electron chi connectivity index (χ3n) is 6.13. The normalized spacial score (nSPS) is 11.2. The van der Waals surface area contributed by atoms with Crippen molar-refractivity contribution in [3.05, 3.63) is 76.5 Å². The number of aliphatic carboxylic acids is 2. The Morgan fingerprint density at radius 1 is 1.05 bits per heavy atom. The summed E-state index contributed by atoms with van der Waals surface area (Å²) < 4.78 is 5.40. The van der Waals surface area contributed by atoms with E-state index in [0.717, 1.165) is 15.3 Å². The average molecular weight is 599 g/mol. The van der Waals surface area contributed by atoms with Gasteiger partial charge in [0, 0.05) is 36.4 Å². The van der Waals surface area contributed by atoms with E-state index in [0.29, 0.717) is 10.4 Å². The van der Waals surface area contributed by atoms with E-state index in [9.17, 15) is 29.1 Å². The molecule has 42 heavy (non-hydrogen) atoms. The van der Waals surface area contributed by atoms with Crippen molar-refractivity contribution < 1.29 is 38.9 Å². The molecule has 0 aliphatic heterocycles. The Bertz CT molecular complexity index is 1350. The summed E-state index contributed by atoms with van der Waals surface area (Å²) in [5, 5.41) is 26.0. The number of nitrogens with zero attached hydrogens (tertiary/aromatic N) is 2. The molecule has 2 aromatic rings. The van der Waals surface area contributed by atoms with Crippen molar-refractivity contribution in [3.8, 4) is 5.75 Å². The molecule has 1 aromatic heterocycles. The number of carboxylic acid groups (broad SMARTS) is 2. The van der Waals surface area contributed by atoms with E-state index < -0.39 is 42.8 Å². The zero-order valence-corrected chi connectivity index (χ0v) is 24.0. The number of nitrogen functional groups attached to an aromatic ring is 1. The number of hydrogen-bond acceptors (Lipinski definition) is 8. The van der Waals surface area contributed by atoms with Crippen LogP contribution >= 0.6 is 11.3 Å². The molecule has 2 rings (SSSR count). The van der Waals surface area contributed by atoms with Gasteiger partial charge in [-0.25, -0.2) is 9.59 Å². The summed E-state index contributed by atoms with van der Waals surface area (Å²) in [5.41, 5.74) is 6.72. The Kier molecular flexibility index (Phi) is 12.6. The number of nitrogens with two attached hydrogens (primary N) is 1. The van der Waals surface area contributed by atoms with Crippen molar-refractivity contribution in [2.24, 2.45) is 5.73 Å². The van der Waals surface area contributed by atoms with Crippen molar-refractivity contribution >= 4 is 46.9 Å². The van der Waals surface area contributed by atoms with Crippen molar-refractivity contribution in [2.45, 2.75) is 38.6 Å². The molecule has 0 aliphatic rings. The minimum Gasteiger partial charge on any atom is -0.481 e. The van der Waals surface area contributed by atoms with Crippen molar-refractivity contribution in [3.63, 3.8) is 0 Å². The Hall–Kier alpha value is -4.78. The number of amidine groups is 1. The first-order chi connectivity index (χ1) is 19.9. The minimum atomic E-state index is -1.40. The molecular weight excluding hydrogens is 564 g/mol. The van der Waals surface area contributed by atoms with Gasteiger partial charge in [-0.2, -0.15) is 0 Å². The number of carbonyl (C=O) groups excluding carboxylic acids is 3. The van der Waals surface area contributed by atoms with E-state index in [1.807, 2.05) is 0 Å². The standard InChI is InChI=1S/C29H34N4O8S/c1-4-14-32(17-25(35)33(15-5-2)21(28(38)39)10-13-26(36)37)24(34)12-11-22-18(3)16-23(42-22)29(40)41-20-8-6-19(7-9-20)27(30)31/h4-9,16,21H,1-2,10-15,17H2,3H3,(H3,30,31)(H,36,37)(H,38,39)/t21-/m0/s1. The van der Waals surface area contributed by atoms with Crippen LogP contribution in [0, 0.1) is 12.3 Å². The number of hydrogen-bond donors (Lipinski definition) is 4. The first-order valence-corrected chi connectivity index (χ1v) is 13.7. The maximum atomic E-state index is 13.1. The van der Waals surface area contributed by atoms with Gasteiger partial charge in [-0.3, -0.25) is 19.8 Å². The largest absolute Gasteiger partial charge is 0.481 e. The molecule has 0 bridgehead atoms. The Labute approximate surface area is 247 Å². The van der Waals surface area contributed by atoms with Crippen LogP contribution in [0.1, 0.15) is 44.9 Å². The summed E-state index contributed by atoms with van der Waals surface area (Å²) in [5.74, 6) is -4.00. The second-order valence-electron chi connectivity index (χ2n) is 9.23. The van der Waals surface area contributed by atoms with Crippen molar-refractivity contribution in [1.82, 2.24) is 9.80 Å². The number of esters is 1. The topological polar surface area (TPSA) is 191 Å². The highest BCUT2D eigenvalue weighted by atomic mass is 32.1. The molecular formula is C29H34N4O8S. The first-order valence-electron chi connectivity index (χ1n) is 12.9. The van der Waals surface area contributed by atoms with E-state index in [4.69, 9.17) is 21.0 Å². The highest BCUT2D eigenvalue weighted by Gasteiger charge is 2.31. The molecule has 12 nitrogen and oxygen atoms in total. The maximum Gasteiger partial charge on any atom is 0.353 e. The number of carbonyl (C=O) groups is 5. The van der Waals surface area contributed by atoms with Gasteiger partial charge in [0.15, 0.2) is 0 Å². The number of carboxylic acids is 2. The lowest BCUT2D eigenvalue weighted by Gasteiger charge is -2.30. The fraction of sp³-hybridized carbons (Fsp3) is 0.310. The number of thiophene rings is 1. The smallest absolute Gasteiger partial charge is 0.353 e. The third-order valence-corrected chi connectivity index (χ3v) is 7.41. The van der Waals surface area contributed by atoms with Gasteiger partial charge in [0.2, 0.25) is 11.8 Å². The molecule has 0 saturated carbocycles. The van der Waals surface area contributed by atoms with Gasteiger partial charge >= 0.3 is 17.9 Å². The molecule has 224 valence electrons. The molecule has 1 aromatic carbocycles. The fourth-order valence-electron chi connectivity index (χ4n) is 3.99. The van der Waals surface area contributed by atoms with Crippen LogP contribution in [0.25, 0.3) is 0 Å². The molecule has 0 spiro atoms. The zero-order chi connectivity index (χ0) is 31.4. The van der Waals surface area contributed by atoms with Gasteiger partial charge in [-0.15, -0.1) is 24.5 Å². The van der Waals surface area contributed by atoms with E-state index in [-0.39, 0.29) is 49.8 Å². The minimum absolute atomic E-state index is 0.00625. The van der Waals surface area contributed by atoms with Crippen LogP contribution in [0.3, 0.4) is 0 Å². The SMILES string of the molecule is C=CCN(CC(=O)N(CC=C)[C@@H](CCC(=O)O)C(=O)O)C(=O)CCc1sc(C(=O)Oc2ccc(C(=N)N)cc2)cc1C. The van der Waals surface area contributed by atoms with Gasteiger partial charge in [0.25, 0.3) is 0 Å². The van der Waals surface area contributed by atoms with Crippen LogP contribution in [-0.2, 0) is 25.6 Å². The van der Waals surface area contributed by atoms with Gasteiger partial charge < -0.3 is 30.5 Å². The second kappa shape index (κ2) is 15.9. The molecule has 0 fully saturated rings. The third kappa shape index (κ3) is 9.70. The van der Waals surface area contributed by atoms with Crippen LogP contribution in [0.5, 0.6) is 5.75 Å². The number of rotatable bonds is 17. The Morgan fingerprint density at radius 3 is 2.24 bits per heavy atom. The molecule has 5 N–H and O–H groups in total. The molecule has 1 heterocycles. The molecule has 2 amide bonds. The molecule has 0 aliphatic carbocycles. The van der Waals surface area contributed by atoms with Crippen LogP contribution in [-0.4, -0.2) is 81.2 Å². The Balaban J connectivity index is 2.08. The summed E-state index contributed by atoms with van der Waals surface area (Å²) in [4.78, 5) is 65.0. The van der Waals surface area contributed by atoms with Crippen LogP contribution in [0.4, 0.5) is 0 Å². The molecule has 0 unspecified atom stereocenters. The van der Waals surface area contributed by atoms with Crippen LogP contribution in [0.2, 0.25) is 0 Å². The monoisotopic (exact) mass is 598 g/mol. The van der Waals surface area contributed by atoms with Gasteiger partial charge in [-0.05, 0) is 55.7 Å². The van der Waals surface area contributed by atoms with Crippen LogP contribution < -0.4 is 10.5 Å². The van der Waals surface area contributed by atoms with E-state index >= 15 is 0 Å². The summed E-state index contributed by atoms with van der Waals surface area (Å²) in [6.45, 7) is 8.43. The highest BCUT2D eigenvalue weighted by Crippen LogP contribution is 2.25. The number of amides is 2. The molecule has 0 saturated heterocycles. The molecule has 0 radical (unpaired) electrons. The second-order valence-corrected chi connectivity index (χ2v) is 10.4. The maximum absolute atomic E-state index is 13.1. The van der Waals surface area contributed by atoms with Gasteiger partial charge in [0.1, 0.15) is 29.0 Å². The van der Waals surface area contributed by atoms with Gasteiger partial charge in [0.05, 0.1) is 0 Å². The summed E-state index contributed by atoms with van der Waals surface area (Å²) in [6, 6.07) is 6.46. The predicted octanol–water partition coefficient (Wildman–Crippen LogP) is 2.84. The van der Waals surface area contributed by atoms with Gasteiger partial charge in [-0.1, -0.05) is 12.2 Å². The zero-order valence-electron chi connectivity index (χ0n) is 23.2. The Morgan fingerprint density at radius 2 is 1.69 bits per heavy atom. The summed E-state index contributed by atoms with van der Waals surface area (Å²) >= 11 is 1.18. The predicted molar refractivity (Wildman–Crippen MR) is 157 cm³/mol. The highest BCUT2D eigenvalue weighted by molar-refractivity contribution is 7.14.